The topological polar surface area (TPSA) is 115 Å². The first-order chi connectivity index (χ1) is 15.4. The van der Waals surface area contributed by atoms with E-state index in [1.807, 2.05) is 0 Å². The minimum atomic E-state index is -4.64. The Bertz CT molecular complexity index is 1340. The third-order valence-corrected chi connectivity index (χ3v) is 5.58. The number of nitrogens with two attached hydrogens (primary N) is 2. The second-order valence-electron chi connectivity index (χ2n) is 7.70. The molecule has 1 aliphatic heterocycles. The van der Waals surface area contributed by atoms with Gasteiger partial charge in [0, 0.05) is 31.0 Å². The monoisotopic (exact) mass is 468 g/mol. The van der Waals surface area contributed by atoms with Gasteiger partial charge in [0.2, 0.25) is 5.43 Å². The molecule has 1 aliphatic rings. The zero-order chi connectivity index (χ0) is 24.2. The molecule has 1 atom stereocenters. The lowest BCUT2D eigenvalue weighted by Crippen LogP contribution is -2.29. The number of carboxylic acid groups (broad SMARTS) is 1. The van der Waals surface area contributed by atoms with Gasteiger partial charge < -0.3 is 26.0 Å². The average molecular weight is 468 g/mol. The molecule has 4 rings (SSSR count). The number of alkyl halides is 3. The summed E-state index contributed by atoms with van der Waals surface area (Å²) in [4.78, 5) is 25.7. The highest BCUT2D eigenvalue weighted by atomic mass is 19.4. The molecule has 0 amide bonds. The predicted octanol–water partition coefficient (Wildman–Crippen LogP) is 3.11. The molecule has 1 saturated heterocycles. The molecule has 7 nitrogen and oxygen atoms in total. The SMILES string of the molecule is Nc1c(F)c(N2CCC(N)C2)c(F)c2c1c(=O)c(C(=O)O)cn2-c1ccc(C(F)(F)F)cc1. The summed E-state index contributed by atoms with van der Waals surface area (Å²) in [6.07, 6.45) is -3.42. The molecule has 33 heavy (non-hydrogen) atoms. The van der Waals surface area contributed by atoms with Gasteiger partial charge in [0.25, 0.3) is 0 Å². The number of nitrogens with zero attached hydrogens (tertiary/aromatic N) is 2. The molecule has 2 aromatic carbocycles. The summed E-state index contributed by atoms with van der Waals surface area (Å²) in [5.74, 6) is -4.15. The number of hydrogen-bond donors (Lipinski definition) is 3. The Morgan fingerprint density at radius 3 is 2.27 bits per heavy atom. The smallest absolute Gasteiger partial charge is 0.416 e. The van der Waals surface area contributed by atoms with Crippen LogP contribution in [0.1, 0.15) is 22.3 Å². The normalized spacial score (nSPS) is 16.5. The first-order valence-electron chi connectivity index (χ1n) is 9.69. The van der Waals surface area contributed by atoms with Crippen LogP contribution in [0.15, 0.2) is 35.3 Å². The zero-order valence-corrected chi connectivity index (χ0v) is 16.8. The van der Waals surface area contributed by atoms with E-state index in [1.165, 1.54) is 4.90 Å². The Kier molecular flexibility index (Phi) is 5.27. The number of aromatic carboxylic acids is 1. The number of benzene rings is 2. The lowest BCUT2D eigenvalue weighted by molar-refractivity contribution is -0.137. The Labute approximate surface area is 182 Å². The van der Waals surface area contributed by atoms with Gasteiger partial charge in [-0.1, -0.05) is 0 Å². The molecule has 0 saturated carbocycles. The van der Waals surface area contributed by atoms with Gasteiger partial charge in [-0.3, -0.25) is 4.79 Å². The number of anilines is 2. The summed E-state index contributed by atoms with van der Waals surface area (Å²) in [6.45, 7) is 0.314. The van der Waals surface area contributed by atoms with Gasteiger partial charge >= 0.3 is 12.1 Å². The largest absolute Gasteiger partial charge is 0.477 e. The molecule has 1 unspecified atom stereocenters. The molecule has 1 fully saturated rings. The van der Waals surface area contributed by atoms with E-state index in [9.17, 15) is 27.9 Å². The molecule has 0 radical (unpaired) electrons. The number of carboxylic acids is 1. The van der Waals surface area contributed by atoms with Crippen LogP contribution in [-0.2, 0) is 6.18 Å². The van der Waals surface area contributed by atoms with E-state index in [0.717, 1.165) is 22.9 Å². The van der Waals surface area contributed by atoms with E-state index < -0.39 is 62.6 Å². The Balaban J connectivity index is 2.09. The predicted molar refractivity (Wildman–Crippen MR) is 111 cm³/mol. The molecule has 174 valence electrons. The summed E-state index contributed by atoms with van der Waals surface area (Å²) in [7, 11) is 0. The quantitative estimate of drug-likeness (QED) is 0.402. The van der Waals surface area contributed by atoms with Crippen LogP contribution >= 0.6 is 0 Å². The number of pyridine rings is 1. The van der Waals surface area contributed by atoms with Crippen LogP contribution in [0.25, 0.3) is 16.6 Å². The summed E-state index contributed by atoms with van der Waals surface area (Å²) >= 11 is 0. The van der Waals surface area contributed by atoms with E-state index in [-0.39, 0.29) is 24.8 Å². The van der Waals surface area contributed by atoms with Gasteiger partial charge in [-0.15, -0.1) is 0 Å². The van der Waals surface area contributed by atoms with Gasteiger partial charge in [-0.05, 0) is 30.7 Å². The van der Waals surface area contributed by atoms with E-state index in [2.05, 4.69) is 0 Å². The number of halogens is 5. The summed E-state index contributed by atoms with van der Waals surface area (Å²) < 4.78 is 70.6. The Hall–Kier alpha value is -3.67. The maximum absolute atomic E-state index is 15.8. The highest BCUT2D eigenvalue weighted by Gasteiger charge is 2.32. The Morgan fingerprint density at radius 1 is 1.12 bits per heavy atom. The Morgan fingerprint density at radius 2 is 1.76 bits per heavy atom. The fourth-order valence-electron chi connectivity index (χ4n) is 3.96. The second kappa shape index (κ2) is 7.73. The maximum atomic E-state index is 15.8. The number of aromatic nitrogens is 1. The van der Waals surface area contributed by atoms with Crippen molar-refractivity contribution in [3.05, 3.63) is 63.4 Å². The fourth-order valence-corrected chi connectivity index (χ4v) is 3.96. The van der Waals surface area contributed by atoms with Crippen LogP contribution in [0.2, 0.25) is 0 Å². The molecular formula is C21H17F5N4O3. The fraction of sp³-hybridized carbons (Fsp3) is 0.238. The van der Waals surface area contributed by atoms with Crippen LogP contribution in [0.5, 0.6) is 0 Å². The van der Waals surface area contributed by atoms with Crippen LogP contribution in [0.3, 0.4) is 0 Å². The first-order valence-corrected chi connectivity index (χ1v) is 9.69. The molecule has 12 heteroatoms. The van der Waals surface area contributed by atoms with Crippen molar-refractivity contribution in [2.75, 3.05) is 23.7 Å². The highest BCUT2D eigenvalue weighted by molar-refractivity contribution is 6.00. The minimum absolute atomic E-state index is 0.0931. The molecule has 5 N–H and O–H groups in total. The molecule has 0 spiro atoms. The van der Waals surface area contributed by atoms with Crippen molar-refractivity contribution >= 4 is 28.2 Å². The van der Waals surface area contributed by atoms with Gasteiger partial charge in [-0.2, -0.15) is 13.2 Å². The maximum Gasteiger partial charge on any atom is 0.416 e. The lowest BCUT2D eigenvalue weighted by Gasteiger charge is -2.23. The minimum Gasteiger partial charge on any atom is -0.477 e. The molecular weight excluding hydrogens is 451 g/mol. The summed E-state index contributed by atoms with van der Waals surface area (Å²) in [5, 5.41) is 8.70. The first kappa shape index (κ1) is 22.5. The van der Waals surface area contributed by atoms with Crippen molar-refractivity contribution in [3.8, 4) is 5.69 Å². The van der Waals surface area contributed by atoms with E-state index in [0.29, 0.717) is 18.6 Å². The lowest BCUT2D eigenvalue weighted by atomic mass is 10.1. The molecule has 1 aromatic heterocycles. The van der Waals surface area contributed by atoms with Crippen molar-refractivity contribution in [2.45, 2.75) is 18.6 Å². The van der Waals surface area contributed by atoms with Crippen molar-refractivity contribution < 1.29 is 31.9 Å². The van der Waals surface area contributed by atoms with Crippen LogP contribution in [0, 0.1) is 11.6 Å². The third kappa shape index (κ3) is 3.65. The van der Waals surface area contributed by atoms with Crippen molar-refractivity contribution in [3.63, 3.8) is 0 Å². The number of hydrogen-bond acceptors (Lipinski definition) is 5. The summed E-state index contributed by atoms with van der Waals surface area (Å²) in [6, 6.07) is 3.02. The molecule has 0 bridgehead atoms. The average Bonchev–Trinajstić information content (AvgIpc) is 3.17. The van der Waals surface area contributed by atoms with Crippen molar-refractivity contribution in [1.82, 2.24) is 4.57 Å². The third-order valence-electron chi connectivity index (χ3n) is 5.58. The van der Waals surface area contributed by atoms with Crippen molar-refractivity contribution in [1.29, 1.82) is 0 Å². The highest BCUT2D eigenvalue weighted by Crippen LogP contribution is 2.37. The standard InChI is InChI=1S/C21H17F5N4O3/c22-14-16(28)13-17(15(23)18(14)29-6-5-10(27)7-29)30(8-12(19(13)31)20(32)33)11-3-1-9(2-4-11)21(24,25)26/h1-4,8,10H,5-7,27-28H2,(H,32,33). The number of rotatable bonds is 3. The van der Waals surface area contributed by atoms with E-state index in [1.54, 1.807) is 0 Å². The second-order valence-corrected chi connectivity index (χ2v) is 7.70. The van der Waals surface area contributed by atoms with Gasteiger partial charge in [0.1, 0.15) is 11.3 Å². The number of nitrogen functional groups attached to an aromatic ring is 1. The molecule has 3 aromatic rings. The number of fused-ring (bicyclic) bond motifs is 1. The van der Waals surface area contributed by atoms with Gasteiger partial charge in [-0.25, -0.2) is 13.6 Å². The van der Waals surface area contributed by atoms with Crippen LogP contribution in [0.4, 0.5) is 33.3 Å². The van der Waals surface area contributed by atoms with Crippen molar-refractivity contribution in [2.24, 2.45) is 5.73 Å². The van der Waals surface area contributed by atoms with Crippen LogP contribution < -0.4 is 21.8 Å². The molecule has 2 heterocycles. The zero-order valence-electron chi connectivity index (χ0n) is 16.8. The van der Waals surface area contributed by atoms with Gasteiger partial charge in [0.05, 0.1) is 22.2 Å². The number of carbonyl (C=O) groups is 1. The van der Waals surface area contributed by atoms with Crippen LogP contribution in [-0.4, -0.2) is 34.8 Å². The molecule has 0 aliphatic carbocycles. The van der Waals surface area contributed by atoms with E-state index >= 15 is 8.78 Å². The summed E-state index contributed by atoms with van der Waals surface area (Å²) in [5.41, 5.74) is 6.63. The van der Waals surface area contributed by atoms with E-state index in [4.69, 9.17) is 11.5 Å². The van der Waals surface area contributed by atoms with Gasteiger partial charge in [0.15, 0.2) is 11.6 Å².